The zero-order valence-electron chi connectivity index (χ0n) is 12.7. The first-order valence-electron chi connectivity index (χ1n) is 7.54. The van der Waals surface area contributed by atoms with Gasteiger partial charge in [-0.2, -0.15) is 0 Å². The number of hydrogen-bond acceptors (Lipinski definition) is 3. The monoisotopic (exact) mass is 291 g/mol. The number of aliphatic carboxylic acids is 1. The molecule has 2 aliphatic rings. The number of carboxylic acids is 1. The van der Waals surface area contributed by atoms with Crippen LogP contribution >= 0.6 is 0 Å². The molecular formula is C16H21NO4. The lowest BCUT2D eigenvalue weighted by atomic mass is 9.72. The predicted octanol–water partition coefficient (Wildman–Crippen LogP) is 2.75. The van der Waals surface area contributed by atoms with Gasteiger partial charge >= 0.3 is 5.97 Å². The largest absolute Gasteiger partial charge is 0.481 e. The molecule has 0 radical (unpaired) electrons. The smallest absolute Gasteiger partial charge is 0.311 e. The normalized spacial score (nSPS) is 30.9. The molecule has 21 heavy (non-hydrogen) atoms. The van der Waals surface area contributed by atoms with Gasteiger partial charge in [0.15, 0.2) is 0 Å². The van der Waals surface area contributed by atoms with E-state index in [1.54, 1.807) is 13.0 Å². The Labute approximate surface area is 123 Å². The third kappa shape index (κ3) is 1.83. The van der Waals surface area contributed by atoms with Crippen LogP contribution in [0.4, 0.5) is 0 Å². The predicted molar refractivity (Wildman–Crippen MR) is 76.1 cm³/mol. The van der Waals surface area contributed by atoms with Gasteiger partial charge in [-0.25, -0.2) is 0 Å². The van der Waals surface area contributed by atoms with Gasteiger partial charge in [-0.1, -0.05) is 6.92 Å². The molecule has 5 heteroatoms. The van der Waals surface area contributed by atoms with Gasteiger partial charge in [-0.05, 0) is 45.6 Å². The first-order valence-corrected chi connectivity index (χ1v) is 7.54. The summed E-state index contributed by atoms with van der Waals surface area (Å²) in [4.78, 5) is 26.4. The molecule has 1 aromatic rings. The van der Waals surface area contributed by atoms with Crippen LogP contribution in [0.3, 0.4) is 0 Å². The van der Waals surface area contributed by atoms with Crippen molar-refractivity contribution in [3.63, 3.8) is 0 Å². The van der Waals surface area contributed by atoms with Gasteiger partial charge in [0.1, 0.15) is 11.5 Å². The molecule has 3 atom stereocenters. The molecule has 0 saturated carbocycles. The van der Waals surface area contributed by atoms with E-state index in [1.807, 2.05) is 18.7 Å². The van der Waals surface area contributed by atoms with Crippen molar-refractivity contribution in [2.45, 2.75) is 58.5 Å². The van der Waals surface area contributed by atoms with Crippen LogP contribution in [0.25, 0.3) is 0 Å². The Balaban J connectivity index is 1.96. The van der Waals surface area contributed by atoms with Crippen LogP contribution in [0, 0.1) is 19.3 Å². The van der Waals surface area contributed by atoms with Gasteiger partial charge < -0.3 is 14.4 Å². The average molecular weight is 291 g/mol. The van der Waals surface area contributed by atoms with E-state index in [0.717, 1.165) is 12.8 Å². The molecule has 2 aliphatic heterocycles. The van der Waals surface area contributed by atoms with Crippen molar-refractivity contribution < 1.29 is 19.1 Å². The molecule has 0 aliphatic carbocycles. The van der Waals surface area contributed by atoms with Gasteiger partial charge in [0.2, 0.25) is 0 Å². The molecule has 5 nitrogen and oxygen atoms in total. The zero-order chi connectivity index (χ0) is 15.4. The van der Waals surface area contributed by atoms with Crippen molar-refractivity contribution in [1.82, 2.24) is 4.90 Å². The van der Waals surface area contributed by atoms with Crippen LogP contribution in [0.1, 0.15) is 54.5 Å². The Morgan fingerprint density at radius 3 is 2.62 bits per heavy atom. The summed E-state index contributed by atoms with van der Waals surface area (Å²) in [5, 5.41) is 9.66. The highest BCUT2D eigenvalue weighted by Crippen LogP contribution is 2.52. The van der Waals surface area contributed by atoms with Gasteiger partial charge in [-0.3, -0.25) is 9.59 Å². The van der Waals surface area contributed by atoms with Crippen molar-refractivity contribution in [3.05, 3.63) is 23.2 Å². The summed E-state index contributed by atoms with van der Waals surface area (Å²) in [6, 6.07) is 1.62. The van der Waals surface area contributed by atoms with Crippen molar-refractivity contribution in [1.29, 1.82) is 0 Å². The summed E-state index contributed by atoms with van der Waals surface area (Å²) >= 11 is 0. The molecule has 0 aromatic carbocycles. The van der Waals surface area contributed by atoms with E-state index >= 15 is 0 Å². The molecule has 114 valence electrons. The van der Waals surface area contributed by atoms with Gasteiger partial charge in [-0.15, -0.1) is 0 Å². The Morgan fingerprint density at radius 2 is 2.14 bits per heavy atom. The third-order valence-corrected chi connectivity index (χ3v) is 5.30. The first-order chi connectivity index (χ1) is 9.90. The summed E-state index contributed by atoms with van der Waals surface area (Å²) < 4.78 is 5.45. The quantitative estimate of drug-likeness (QED) is 0.929. The lowest BCUT2D eigenvalue weighted by molar-refractivity contribution is -0.151. The Bertz CT molecular complexity index is 605. The van der Waals surface area contributed by atoms with E-state index in [9.17, 15) is 14.7 Å². The second kappa shape index (κ2) is 4.61. The van der Waals surface area contributed by atoms with E-state index in [0.29, 0.717) is 29.9 Å². The molecule has 2 fully saturated rings. The highest BCUT2D eigenvalue weighted by Gasteiger charge is 2.60. The van der Waals surface area contributed by atoms with Gasteiger partial charge in [0.05, 0.1) is 11.0 Å². The fraction of sp³-hybridized carbons (Fsp3) is 0.625. The van der Waals surface area contributed by atoms with E-state index in [1.165, 1.54) is 0 Å². The standard InChI is InChI=1S/C16H21NO4/c1-4-16(15(19)20)8-11-5-6-13(16)17(11)14(18)12-7-9(2)21-10(12)3/h7,11,13H,4-6,8H2,1-3H3,(H,19,20)/t11-,13+,16+/m0/s1. The van der Waals surface area contributed by atoms with Crippen LogP contribution in [0.15, 0.2) is 10.5 Å². The zero-order valence-corrected chi connectivity index (χ0v) is 12.7. The number of rotatable bonds is 3. The van der Waals surface area contributed by atoms with Crippen LogP contribution in [0.2, 0.25) is 0 Å². The fourth-order valence-electron chi connectivity index (χ4n) is 4.23. The van der Waals surface area contributed by atoms with E-state index in [-0.39, 0.29) is 18.0 Å². The Hall–Kier alpha value is -1.78. The van der Waals surface area contributed by atoms with Crippen LogP contribution in [0.5, 0.6) is 0 Å². The van der Waals surface area contributed by atoms with Crippen molar-refractivity contribution in [2.75, 3.05) is 0 Å². The Morgan fingerprint density at radius 1 is 1.43 bits per heavy atom. The SMILES string of the molecule is CC[C@@]1(C(=O)O)C[C@@H]2CC[C@H]1N2C(=O)c1cc(C)oc1C. The molecular weight excluding hydrogens is 270 g/mol. The van der Waals surface area contributed by atoms with Gasteiger partial charge in [0, 0.05) is 12.1 Å². The first kappa shape index (κ1) is 14.2. The fourth-order valence-corrected chi connectivity index (χ4v) is 4.23. The van der Waals surface area contributed by atoms with Crippen LogP contribution in [-0.2, 0) is 4.79 Å². The lowest BCUT2D eigenvalue weighted by Crippen LogP contribution is -2.44. The highest BCUT2D eigenvalue weighted by atomic mass is 16.4. The highest BCUT2D eigenvalue weighted by molar-refractivity contribution is 5.97. The number of furan rings is 1. The van der Waals surface area contributed by atoms with E-state index < -0.39 is 11.4 Å². The summed E-state index contributed by atoms with van der Waals surface area (Å²) in [6.07, 6.45) is 2.83. The second-order valence-electron chi connectivity index (χ2n) is 6.31. The molecule has 1 aromatic heterocycles. The molecule has 2 saturated heterocycles. The molecule has 3 heterocycles. The molecule has 2 bridgehead atoms. The lowest BCUT2D eigenvalue weighted by Gasteiger charge is -2.32. The topological polar surface area (TPSA) is 70.8 Å². The minimum atomic E-state index is -0.773. The van der Waals surface area contributed by atoms with Gasteiger partial charge in [0.25, 0.3) is 5.91 Å². The van der Waals surface area contributed by atoms with Crippen molar-refractivity contribution >= 4 is 11.9 Å². The summed E-state index contributed by atoms with van der Waals surface area (Å²) in [5.74, 6) is 0.479. The number of carbonyl (C=O) groups is 2. The molecule has 1 amide bonds. The number of amides is 1. The molecule has 1 N–H and O–H groups in total. The molecule has 0 spiro atoms. The maximum atomic E-state index is 12.8. The molecule has 0 unspecified atom stereocenters. The number of nitrogens with zero attached hydrogens (tertiary/aromatic N) is 1. The van der Waals surface area contributed by atoms with Crippen LogP contribution < -0.4 is 0 Å². The maximum Gasteiger partial charge on any atom is 0.311 e. The number of aryl methyl sites for hydroxylation is 2. The number of fused-ring (bicyclic) bond motifs is 2. The minimum absolute atomic E-state index is 0.0492. The summed E-state index contributed by atoms with van der Waals surface area (Å²) in [7, 11) is 0. The average Bonchev–Trinajstić information content (AvgIpc) is 3.08. The maximum absolute atomic E-state index is 12.8. The summed E-state index contributed by atoms with van der Waals surface area (Å²) in [6.45, 7) is 5.50. The number of carboxylic acid groups (broad SMARTS) is 1. The second-order valence-corrected chi connectivity index (χ2v) is 6.31. The minimum Gasteiger partial charge on any atom is -0.481 e. The van der Waals surface area contributed by atoms with Crippen molar-refractivity contribution in [2.24, 2.45) is 5.41 Å². The summed E-state index contributed by atoms with van der Waals surface area (Å²) in [5.41, 5.74) is -0.202. The number of hydrogen-bond donors (Lipinski definition) is 1. The Kier molecular flexibility index (Phi) is 3.11. The van der Waals surface area contributed by atoms with Crippen molar-refractivity contribution in [3.8, 4) is 0 Å². The van der Waals surface area contributed by atoms with Crippen LogP contribution in [-0.4, -0.2) is 34.0 Å². The molecule has 3 rings (SSSR count). The number of carbonyl (C=O) groups excluding carboxylic acids is 1. The third-order valence-electron chi connectivity index (χ3n) is 5.30. The van der Waals surface area contributed by atoms with E-state index in [2.05, 4.69) is 0 Å². The van der Waals surface area contributed by atoms with E-state index in [4.69, 9.17) is 4.42 Å².